The molecule has 0 spiro atoms. The predicted octanol–water partition coefficient (Wildman–Crippen LogP) is 2.90. The lowest BCUT2D eigenvalue weighted by Gasteiger charge is -2.31. The summed E-state index contributed by atoms with van der Waals surface area (Å²) >= 11 is 0. The predicted molar refractivity (Wildman–Crippen MR) is 106 cm³/mol. The first-order chi connectivity index (χ1) is 13.5. The van der Waals surface area contributed by atoms with Gasteiger partial charge < -0.3 is 4.90 Å². The molecule has 146 valence electrons. The number of anilines is 1. The molecule has 1 saturated heterocycles. The number of hydrogen-bond donors (Lipinski definition) is 0. The zero-order valence-electron chi connectivity index (χ0n) is 16.4. The lowest BCUT2D eigenvalue weighted by molar-refractivity contribution is -0.143. The van der Waals surface area contributed by atoms with Crippen molar-refractivity contribution in [3.8, 4) is 0 Å². The Kier molecular flexibility index (Phi) is 3.97. The molecule has 4 aliphatic rings. The monoisotopic (exact) mass is 378 g/mol. The Balaban J connectivity index is 1.36. The Bertz CT molecular complexity index is 873. The highest BCUT2D eigenvalue weighted by atomic mass is 16.2. The van der Waals surface area contributed by atoms with Gasteiger partial charge in [0, 0.05) is 12.2 Å². The Labute approximate surface area is 165 Å². The molecule has 5 heteroatoms. The first-order valence-electron chi connectivity index (χ1n) is 10.4. The van der Waals surface area contributed by atoms with Crippen molar-refractivity contribution in [3.05, 3.63) is 41.5 Å². The second-order valence-corrected chi connectivity index (χ2v) is 8.95. The van der Waals surface area contributed by atoms with E-state index in [-0.39, 0.29) is 47.9 Å². The fraction of sp³-hybridized carbons (Fsp3) is 0.522. The van der Waals surface area contributed by atoms with Gasteiger partial charge in [0.25, 0.3) is 0 Å². The molecule has 1 aromatic rings. The molecule has 2 fully saturated rings. The third kappa shape index (κ3) is 2.48. The van der Waals surface area contributed by atoms with Gasteiger partial charge in [0.2, 0.25) is 17.7 Å². The van der Waals surface area contributed by atoms with Crippen LogP contribution in [0.4, 0.5) is 5.69 Å². The molecule has 2 aliphatic carbocycles. The number of aryl methyl sites for hydroxylation is 1. The molecule has 2 heterocycles. The van der Waals surface area contributed by atoms with Crippen LogP contribution in [0.3, 0.4) is 0 Å². The molecule has 0 unspecified atom stereocenters. The summed E-state index contributed by atoms with van der Waals surface area (Å²) in [7, 11) is 0. The number of fused-ring (bicyclic) bond motifs is 6. The lowest BCUT2D eigenvalue weighted by Crippen LogP contribution is -2.45. The molecule has 3 amide bonds. The van der Waals surface area contributed by atoms with Crippen molar-refractivity contribution in [1.29, 1.82) is 0 Å². The molecule has 2 aliphatic heterocycles. The molecule has 5 rings (SSSR count). The largest absolute Gasteiger partial charge is 0.311 e. The first kappa shape index (κ1) is 17.7. The van der Waals surface area contributed by atoms with Crippen LogP contribution in [0.25, 0.3) is 0 Å². The summed E-state index contributed by atoms with van der Waals surface area (Å²) in [6.07, 6.45) is 6.93. The summed E-state index contributed by atoms with van der Waals surface area (Å²) in [6, 6.07) is 6.29. The highest BCUT2D eigenvalue weighted by molar-refractivity contribution is 6.10. The van der Waals surface area contributed by atoms with Crippen molar-refractivity contribution in [1.82, 2.24) is 4.90 Å². The number of likely N-dealkylation sites (tertiary alicyclic amines) is 1. The van der Waals surface area contributed by atoms with Crippen molar-refractivity contribution in [2.45, 2.75) is 39.0 Å². The van der Waals surface area contributed by atoms with E-state index in [1.807, 2.05) is 6.07 Å². The maximum absolute atomic E-state index is 13.1. The maximum Gasteiger partial charge on any atom is 0.247 e. The number of carbonyl (C=O) groups excluding carboxylic acids is 3. The molecule has 0 N–H and O–H groups in total. The normalized spacial score (nSPS) is 30.4. The molecule has 28 heavy (non-hydrogen) atoms. The van der Waals surface area contributed by atoms with Gasteiger partial charge in [0.1, 0.15) is 6.54 Å². The Morgan fingerprint density at radius 3 is 2.43 bits per heavy atom. The lowest BCUT2D eigenvalue weighted by atomic mass is 9.85. The van der Waals surface area contributed by atoms with Crippen LogP contribution >= 0.6 is 0 Å². The minimum atomic E-state index is -0.238. The Hall–Kier alpha value is -2.43. The summed E-state index contributed by atoms with van der Waals surface area (Å²) < 4.78 is 0. The van der Waals surface area contributed by atoms with E-state index < -0.39 is 0 Å². The summed E-state index contributed by atoms with van der Waals surface area (Å²) in [5.41, 5.74) is 3.39. The van der Waals surface area contributed by atoms with Crippen molar-refractivity contribution in [2.24, 2.45) is 23.7 Å². The highest BCUT2D eigenvalue weighted by Gasteiger charge is 2.59. The van der Waals surface area contributed by atoms with Crippen molar-refractivity contribution in [3.63, 3.8) is 0 Å². The summed E-state index contributed by atoms with van der Waals surface area (Å²) in [5.74, 6) is -0.122. The van der Waals surface area contributed by atoms with Gasteiger partial charge in [-0.15, -0.1) is 0 Å². The number of hydrogen-bond acceptors (Lipinski definition) is 3. The van der Waals surface area contributed by atoms with Crippen LogP contribution in [-0.2, 0) is 20.8 Å². The molecule has 0 radical (unpaired) electrons. The minimum absolute atomic E-state index is 0.129. The van der Waals surface area contributed by atoms with Gasteiger partial charge in [-0.05, 0) is 54.2 Å². The van der Waals surface area contributed by atoms with Gasteiger partial charge in [-0.2, -0.15) is 0 Å². The van der Waals surface area contributed by atoms with E-state index in [4.69, 9.17) is 0 Å². The van der Waals surface area contributed by atoms with Crippen LogP contribution in [-0.4, -0.2) is 35.7 Å². The molecule has 0 aromatic heterocycles. The minimum Gasteiger partial charge on any atom is -0.311 e. The summed E-state index contributed by atoms with van der Waals surface area (Å²) in [4.78, 5) is 41.8. The third-order valence-corrected chi connectivity index (χ3v) is 7.04. The molecular weight excluding hydrogens is 352 g/mol. The van der Waals surface area contributed by atoms with Gasteiger partial charge in [-0.1, -0.05) is 38.1 Å². The standard InChI is InChI=1S/C23H26N2O3/c1-13(2)14-7-8-18-15(10-14)4-3-9-24(18)19(26)12-25-22(27)20-16-5-6-17(11-16)21(20)23(25)28/h5-8,10,13,16-17,20-21H,3-4,9,11-12H2,1-2H3/t16-,17-,20+,21+/m0/s1. The SMILES string of the molecule is CC(C)c1ccc2c(c1)CCCN2C(=O)CN1C(=O)[C@H]2[C@H](C1=O)[C@H]1C=C[C@H]2C1. The van der Waals surface area contributed by atoms with Crippen LogP contribution < -0.4 is 4.90 Å². The van der Waals surface area contributed by atoms with Crippen molar-refractivity contribution < 1.29 is 14.4 Å². The van der Waals surface area contributed by atoms with Gasteiger partial charge in [0.15, 0.2) is 0 Å². The number of allylic oxidation sites excluding steroid dienone is 2. The zero-order valence-corrected chi connectivity index (χ0v) is 16.4. The number of rotatable bonds is 3. The van der Waals surface area contributed by atoms with E-state index in [1.165, 1.54) is 16.0 Å². The summed E-state index contributed by atoms with van der Waals surface area (Å²) in [5, 5.41) is 0. The number of imide groups is 1. The van der Waals surface area contributed by atoms with Crippen LogP contribution in [0.2, 0.25) is 0 Å². The number of carbonyl (C=O) groups is 3. The van der Waals surface area contributed by atoms with Gasteiger partial charge in [-0.3, -0.25) is 19.3 Å². The van der Waals surface area contributed by atoms with Gasteiger partial charge >= 0.3 is 0 Å². The van der Waals surface area contributed by atoms with Crippen LogP contribution in [0.5, 0.6) is 0 Å². The van der Waals surface area contributed by atoms with Crippen molar-refractivity contribution in [2.75, 3.05) is 18.0 Å². The highest BCUT2D eigenvalue weighted by Crippen LogP contribution is 2.52. The number of amides is 3. The van der Waals surface area contributed by atoms with Crippen LogP contribution in [0.1, 0.15) is 43.7 Å². The number of benzene rings is 1. The Morgan fingerprint density at radius 2 is 1.79 bits per heavy atom. The zero-order chi connectivity index (χ0) is 19.6. The average molecular weight is 378 g/mol. The summed E-state index contributed by atoms with van der Waals surface area (Å²) in [6.45, 7) is 4.84. The Morgan fingerprint density at radius 1 is 1.11 bits per heavy atom. The fourth-order valence-corrected chi connectivity index (χ4v) is 5.58. The molecule has 1 aromatic carbocycles. The third-order valence-electron chi connectivity index (χ3n) is 7.04. The maximum atomic E-state index is 13.1. The second-order valence-electron chi connectivity index (χ2n) is 8.95. The van der Waals surface area contributed by atoms with Crippen LogP contribution in [0.15, 0.2) is 30.4 Å². The molecule has 4 atom stereocenters. The van der Waals surface area contributed by atoms with Crippen LogP contribution in [0, 0.1) is 23.7 Å². The van der Waals surface area contributed by atoms with Gasteiger partial charge in [0.05, 0.1) is 11.8 Å². The molecule has 2 bridgehead atoms. The van der Waals surface area contributed by atoms with E-state index in [0.717, 1.165) is 24.9 Å². The quantitative estimate of drug-likeness (QED) is 0.600. The van der Waals surface area contributed by atoms with E-state index in [1.54, 1.807) is 4.90 Å². The smallest absolute Gasteiger partial charge is 0.247 e. The topological polar surface area (TPSA) is 57.7 Å². The molecule has 5 nitrogen and oxygen atoms in total. The fourth-order valence-electron chi connectivity index (χ4n) is 5.58. The number of nitrogens with zero attached hydrogens (tertiary/aromatic N) is 2. The average Bonchev–Trinajstić information content (AvgIpc) is 3.37. The van der Waals surface area contributed by atoms with E-state index in [9.17, 15) is 14.4 Å². The second kappa shape index (κ2) is 6.29. The van der Waals surface area contributed by atoms with E-state index >= 15 is 0 Å². The van der Waals surface area contributed by atoms with Gasteiger partial charge in [-0.25, -0.2) is 0 Å². The van der Waals surface area contributed by atoms with Crippen molar-refractivity contribution >= 4 is 23.4 Å². The molecular formula is C23H26N2O3. The molecule has 1 saturated carbocycles. The first-order valence-corrected chi connectivity index (χ1v) is 10.4. The van der Waals surface area contributed by atoms with E-state index in [2.05, 4.69) is 38.1 Å². The van der Waals surface area contributed by atoms with E-state index in [0.29, 0.717) is 12.5 Å².